The van der Waals surface area contributed by atoms with Gasteiger partial charge in [0.25, 0.3) is 0 Å². The molecule has 3 rings (SSSR count). The van der Waals surface area contributed by atoms with Gasteiger partial charge < -0.3 is 9.31 Å². The van der Waals surface area contributed by atoms with Crippen molar-refractivity contribution in [1.82, 2.24) is 0 Å². The molecule has 1 heterocycles. The molecule has 0 bridgehead atoms. The van der Waals surface area contributed by atoms with Crippen LogP contribution < -0.4 is 0 Å². The van der Waals surface area contributed by atoms with Crippen LogP contribution in [0.4, 0.5) is 0 Å². The van der Waals surface area contributed by atoms with E-state index in [9.17, 15) is 0 Å². The Morgan fingerprint density at radius 3 is 1.65 bits per heavy atom. The fourth-order valence-electron chi connectivity index (χ4n) is 3.32. The van der Waals surface area contributed by atoms with Crippen LogP contribution >= 0.6 is 0 Å². The van der Waals surface area contributed by atoms with E-state index < -0.39 is 0 Å². The van der Waals surface area contributed by atoms with Crippen molar-refractivity contribution >= 4 is 7.12 Å². The van der Waals surface area contributed by atoms with E-state index in [0.717, 1.165) is 26.1 Å². The van der Waals surface area contributed by atoms with Crippen LogP contribution in [0.3, 0.4) is 0 Å². The standard InChI is InChI=1S/C20H25BO2/c1-17(2)21-22-15-20(16-23-21,13-18-9-5-3-6-10-18)14-19-11-7-4-8-12-19/h3-12,17H,13-16H2,1-2H3. The Labute approximate surface area is 140 Å². The van der Waals surface area contributed by atoms with Gasteiger partial charge in [-0.05, 0) is 29.8 Å². The zero-order valence-corrected chi connectivity index (χ0v) is 14.1. The highest BCUT2D eigenvalue weighted by molar-refractivity contribution is 6.46. The highest BCUT2D eigenvalue weighted by Crippen LogP contribution is 2.34. The third-order valence-electron chi connectivity index (χ3n) is 4.50. The third-order valence-corrected chi connectivity index (χ3v) is 4.50. The molecule has 1 aliphatic rings. The predicted octanol–water partition coefficient (Wildman–Crippen LogP) is 4.40. The second-order valence-corrected chi connectivity index (χ2v) is 7.06. The van der Waals surface area contributed by atoms with Crippen LogP contribution in [0, 0.1) is 5.41 Å². The van der Waals surface area contributed by atoms with Gasteiger partial charge in [0.05, 0.1) is 0 Å². The fourth-order valence-corrected chi connectivity index (χ4v) is 3.32. The minimum absolute atomic E-state index is 0.00803. The van der Waals surface area contributed by atoms with Crippen LogP contribution in [-0.2, 0) is 22.2 Å². The lowest BCUT2D eigenvalue weighted by Crippen LogP contribution is -2.47. The number of hydrogen-bond acceptors (Lipinski definition) is 2. The molecule has 1 fully saturated rings. The van der Waals surface area contributed by atoms with E-state index in [1.807, 2.05) is 0 Å². The van der Waals surface area contributed by atoms with Crippen LogP contribution in [0.1, 0.15) is 25.0 Å². The van der Waals surface area contributed by atoms with Crippen LogP contribution in [0.25, 0.3) is 0 Å². The summed E-state index contributed by atoms with van der Waals surface area (Å²) < 4.78 is 12.2. The summed E-state index contributed by atoms with van der Waals surface area (Å²) in [4.78, 5) is 0. The summed E-state index contributed by atoms with van der Waals surface area (Å²) in [6.07, 6.45) is 1.96. The summed E-state index contributed by atoms with van der Waals surface area (Å²) in [6, 6.07) is 21.3. The van der Waals surface area contributed by atoms with Crippen molar-refractivity contribution in [1.29, 1.82) is 0 Å². The van der Waals surface area contributed by atoms with Crippen LogP contribution in [0.2, 0.25) is 5.82 Å². The Bertz CT molecular complexity index is 546. The quantitative estimate of drug-likeness (QED) is 0.762. The van der Waals surface area contributed by atoms with Crippen molar-refractivity contribution in [3.8, 4) is 0 Å². The molecule has 0 aliphatic carbocycles. The van der Waals surface area contributed by atoms with E-state index in [1.165, 1.54) is 11.1 Å². The molecule has 0 unspecified atom stereocenters. The number of benzene rings is 2. The normalized spacial score (nSPS) is 17.4. The van der Waals surface area contributed by atoms with Gasteiger partial charge in [-0.2, -0.15) is 0 Å². The highest BCUT2D eigenvalue weighted by atomic mass is 16.6. The molecular weight excluding hydrogens is 283 g/mol. The maximum atomic E-state index is 6.08. The average Bonchev–Trinajstić information content (AvgIpc) is 2.57. The topological polar surface area (TPSA) is 18.5 Å². The average molecular weight is 308 g/mol. The van der Waals surface area contributed by atoms with Gasteiger partial charge in [-0.1, -0.05) is 74.5 Å². The zero-order valence-electron chi connectivity index (χ0n) is 14.1. The first kappa shape index (κ1) is 16.3. The largest absolute Gasteiger partial charge is 0.459 e. The summed E-state index contributed by atoms with van der Waals surface area (Å²) in [7, 11) is -0.0744. The lowest BCUT2D eigenvalue weighted by Gasteiger charge is -2.40. The molecule has 2 nitrogen and oxygen atoms in total. The minimum Gasteiger partial charge on any atom is -0.410 e. The Hall–Kier alpha value is -1.58. The molecule has 23 heavy (non-hydrogen) atoms. The predicted molar refractivity (Wildman–Crippen MR) is 95.5 cm³/mol. The molecule has 3 heteroatoms. The van der Waals surface area contributed by atoms with E-state index in [4.69, 9.17) is 9.31 Å². The van der Waals surface area contributed by atoms with Gasteiger partial charge in [0.15, 0.2) is 0 Å². The van der Waals surface area contributed by atoms with Gasteiger partial charge in [-0.3, -0.25) is 0 Å². The van der Waals surface area contributed by atoms with Crippen molar-refractivity contribution in [2.24, 2.45) is 5.41 Å². The minimum atomic E-state index is -0.0744. The van der Waals surface area contributed by atoms with Crippen molar-refractivity contribution in [2.75, 3.05) is 13.2 Å². The first-order valence-corrected chi connectivity index (χ1v) is 8.48. The molecule has 2 aromatic rings. The van der Waals surface area contributed by atoms with Gasteiger partial charge in [0.1, 0.15) is 0 Å². The maximum absolute atomic E-state index is 6.08. The first-order valence-electron chi connectivity index (χ1n) is 8.48. The van der Waals surface area contributed by atoms with Gasteiger partial charge in [0, 0.05) is 18.6 Å². The van der Waals surface area contributed by atoms with E-state index >= 15 is 0 Å². The fraction of sp³-hybridized carbons (Fsp3) is 0.400. The molecule has 0 saturated carbocycles. The SMILES string of the molecule is CC(C)B1OCC(Cc2ccccc2)(Cc2ccccc2)CO1. The first-order chi connectivity index (χ1) is 11.2. The van der Waals surface area contributed by atoms with Crippen molar-refractivity contribution in [2.45, 2.75) is 32.5 Å². The Morgan fingerprint density at radius 2 is 1.26 bits per heavy atom. The summed E-state index contributed by atoms with van der Waals surface area (Å²) in [6.45, 7) is 5.79. The van der Waals surface area contributed by atoms with Gasteiger partial charge >= 0.3 is 7.12 Å². The van der Waals surface area contributed by atoms with E-state index in [-0.39, 0.29) is 12.5 Å². The second kappa shape index (κ2) is 7.33. The maximum Gasteiger partial charge on any atom is 0.459 e. The lowest BCUT2D eigenvalue weighted by atomic mass is 9.69. The molecule has 1 aliphatic heterocycles. The molecule has 0 N–H and O–H groups in total. The Morgan fingerprint density at radius 1 is 0.826 bits per heavy atom. The van der Waals surface area contributed by atoms with Crippen LogP contribution in [0.15, 0.2) is 60.7 Å². The molecule has 2 aromatic carbocycles. The molecular formula is C20H25BO2. The van der Waals surface area contributed by atoms with Gasteiger partial charge in [-0.15, -0.1) is 0 Å². The molecule has 0 atom stereocenters. The summed E-state index contributed by atoms with van der Waals surface area (Å²) in [5.74, 6) is 0.390. The van der Waals surface area contributed by atoms with Crippen molar-refractivity contribution < 1.29 is 9.31 Å². The lowest BCUT2D eigenvalue weighted by molar-refractivity contribution is 0.00182. The zero-order chi connectivity index (χ0) is 16.1. The third kappa shape index (κ3) is 4.24. The molecule has 0 aromatic heterocycles. The molecule has 0 spiro atoms. The molecule has 0 radical (unpaired) electrons. The second-order valence-electron chi connectivity index (χ2n) is 7.06. The summed E-state index contributed by atoms with van der Waals surface area (Å²) in [5.41, 5.74) is 2.70. The van der Waals surface area contributed by atoms with E-state index in [0.29, 0.717) is 5.82 Å². The smallest absolute Gasteiger partial charge is 0.410 e. The van der Waals surface area contributed by atoms with Crippen LogP contribution in [0.5, 0.6) is 0 Å². The van der Waals surface area contributed by atoms with Crippen LogP contribution in [-0.4, -0.2) is 20.3 Å². The number of hydrogen-bond donors (Lipinski definition) is 0. The van der Waals surface area contributed by atoms with Crippen molar-refractivity contribution in [3.63, 3.8) is 0 Å². The van der Waals surface area contributed by atoms with Gasteiger partial charge in [-0.25, -0.2) is 0 Å². The Balaban J connectivity index is 1.79. The molecule has 0 amide bonds. The highest BCUT2D eigenvalue weighted by Gasteiger charge is 2.40. The van der Waals surface area contributed by atoms with Gasteiger partial charge in [0.2, 0.25) is 0 Å². The monoisotopic (exact) mass is 308 g/mol. The Kier molecular flexibility index (Phi) is 5.19. The number of rotatable bonds is 5. The van der Waals surface area contributed by atoms with E-state index in [2.05, 4.69) is 74.5 Å². The molecule has 1 saturated heterocycles. The molecule has 120 valence electrons. The summed E-state index contributed by atoms with van der Waals surface area (Å²) >= 11 is 0. The van der Waals surface area contributed by atoms with E-state index in [1.54, 1.807) is 0 Å². The van der Waals surface area contributed by atoms with Crippen molar-refractivity contribution in [3.05, 3.63) is 71.8 Å². The summed E-state index contributed by atoms with van der Waals surface area (Å²) in [5, 5.41) is 0.